The summed E-state index contributed by atoms with van der Waals surface area (Å²) in [6.07, 6.45) is 2.88. The Morgan fingerprint density at radius 1 is 1.53 bits per heavy atom. The Morgan fingerprint density at radius 3 is 2.80 bits per heavy atom. The van der Waals surface area contributed by atoms with Gasteiger partial charge in [-0.2, -0.15) is 5.10 Å². The van der Waals surface area contributed by atoms with Crippen LogP contribution in [0, 0.1) is 0 Å². The van der Waals surface area contributed by atoms with E-state index < -0.39 is 11.0 Å². The lowest BCUT2D eigenvalue weighted by Gasteiger charge is -2.13. The van der Waals surface area contributed by atoms with Crippen molar-refractivity contribution in [2.24, 2.45) is 0 Å². The molecule has 80 valence electrons. The van der Waals surface area contributed by atoms with Crippen LogP contribution in [0.5, 0.6) is 0 Å². The van der Waals surface area contributed by atoms with Crippen molar-refractivity contribution in [1.29, 1.82) is 0 Å². The minimum Gasteiger partial charge on any atom is -0.363 e. The Bertz CT molecular complexity index is 463. The average Bonchev–Trinajstić information content (AvgIpc) is 2.71. The summed E-state index contributed by atoms with van der Waals surface area (Å²) in [6.45, 7) is 0. The monoisotopic (exact) mass is 226 g/mol. The van der Waals surface area contributed by atoms with Gasteiger partial charge in [0.25, 0.3) is 5.91 Å². The van der Waals surface area contributed by atoms with Crippen LogP contribution in [0.2, 0.25) is 0 Å². The highest BCUT2D eigenvalue weighted by Gasteiger charge is 2.23. The van der Waals surface area contributed by atoms with E-state index in [1.807, 2.05) is 19.0 Å². The third-order valence-corrected chi connectivity index (χ3v) is 2.98. The number of hydrogen-bond acceptors (Lipinski definition) is 4. The normalized spacial score (nSPS) is 20.0. The van der Waals surface area contributed by atoms with Crippen LogP contribution in [-0.4, -0.2) is 34.0 Å². The highest BCUT2D eigenvalue weighted by atomic mass is 32.2. The standard InChI is InChI=1S/C8H10N4O2S/c1-11(2)7-3-4-9-12(7)8-5-6(13)10-15(8)14/h3-5H,1-2H3,(H,10,13). The third kappa shape index (κ3) is 1.65. The van der Waals surface area contributed by atoms with Crippen LogP contribution >= 0.6 is 0 Å². The van der Waals surface area contributed by atoms with Gasteiger partial charge in [0.15, 0.2) is 16.0 Å². The molecule has 2 rings (SSSR count). The first-order chi connectivity index (χ1) is 7.09. The summed E-state index contributed by atoms with van der Waals surface area (Å²) in [5.41, 5.74) is 0. The highest BCUT2D eigenvalue weighted by molar-refractivity contribution is 7.93. The molecule has 1 aromatic heterocycles. The summed E-state index contributed by atoms with van der Waals surface area (Å²) < 4.78 is 15.3. The van der Waals surface area contributed by atoms with Crippen molar-refractivity contribution >= 4 is 27.7 Å². The number of rotatable bonds is 2. The Labute approximate surface area is 89.1 Å². The first-order valence-electron chi connectivity index (χ1n) is 4.25. The average molecular weight is 226 g/mol. The molecule has 1 aliphatic heterocycles. The highest BCUT2D eigenvalue weighted by Crippen LogP contribution is 2.20. The van der Waals surface area contributed by atoms with Crippen molar-refractivity contribution < 1.29 is 9.00 Å². The van der Waals surface area contributed by atoms with Crippen LogP contribution in [0.1, 0.15) is 0 Å². The second-order valence-electron chi connectivity index (χ2n) is 3.21. The SMILES string of the molecule is CN(C)c1ccnn1C1=CC(=O)NS1=O. The minimum absolute atomic E-state index is 0.355. The predicted octanol–water partition coefficient (Wildman–Crippen LogP) is -0.459. The zero-order valence-corrected chi connectivity index (χ0v) is 9.11. The lowest BCUT2D eigenvalue weighted by Crippen LogP contribution is -2.19. The van der Waals surface area contributed by atoms with E-state index in [0.29, 0.717) is 5.03 Å². The van der Waals surface area contributed by atoms with Gasteiger partial charge in [-0.15, -0.1) is 0 Å². The molecular formula is C8H10N4O2S. The van der Waals surface area contributed by atoms with Gasteiger partial charge in [-0.05, 0) is 0 Å². The number of amides is 1. The molecule has 0 fully saturated rings. The third-order valence-electron chi connectivity index (χ3n) is 1.93. The number of aromatic nitrogens is 2. The second kappa shape index (κ2) is 3.50. The van der Waals surface area contributed by atoms with Gasteiger partial charge in [-0.25, -0.2) is 8.89 Å². The number of anilines is 1. The van der Waals surface area contributed by atoms with Gasteiger partial charge in [-0.1, -0.05) is 0 Å². The second-order valence-corrected chi connectivity index (χ2v) is 4.37. The molecule has 1 aliphatic rings. The lowest BCUT2D eigenvalue weighted by atomic mass is 10.5. The fourth-order valence-electron chi connectivity index (χ4n) is 1.28. The van der Waals surface area contributed by atoms with Gasteiger partial charge in [0.1, 0.15) is 5.82 Å². The van der Waals surface area contributed by atoms with Gasteiger partial charge in [0.05, 0.1) is 6.20 Å². The van der Waals surface area contributed by atoms with E-state index in [0.717, 1.165) is 5.82 Å². The van der Waals surface area contributed by atoms with Crippen LogP contribution in [0.4, 0.5) is 5.82 Å². The molecule has 0 saturated carbocycles. The Morgan fingerprint density at radius 2 is 2.27 bits per heavy atom. The van der Waals surface area contributed by atoms with Gasteiger partial charge < -0.3 is 4.90 Å². The molecule has 0 bridgehead atoms. The first kappa shape index (κ1) is 9.91. The molecular weight excluding hydrogens is 216 g/mol. The largest absolute Gasteiger partial charge is 0.363 e. The van der Waals surface area contributed by atoms with Crippen LogP contribution in [0.3, 0.4) is 0 Å². The van der Waals surface area contributed by atoms with Gasteiger partial charge in [-0.3, -0.25) is 9.52 Å². The molecule has 0 aliphatic carbocycles. The van der Waals surface area contributed by atoms with Crippen LogP contribution in [0.25, 0.3) is 5.03 Å². The Balaban J connectivity index is 2.46. The van der Waals surface area contributed by atoms with Crippen LogP contribution in [-0.2, 0) is 15.8 Å². The number of carbonyl (C=O) groups excluding carboxylic acids is 1. The molecule has 1 amide bonds. The van der Waals surface area contributed by atoms with E-state index >= 15 is 0 Å². The van der Waals surface area contributed by atoms with Gasteiger partial charge in [0.2, 0.25) is 0 Å². The van der Waals surface area contributed by atoms with Crippen LogP contribution < -0.4 is 9.62 Å². The number of carbonyl (C=O) groups is 1. The van der Waals surface area contributed by atoms with Crippen molar-refractivity contribution in [2.45, 2.75) is 0 Å². The molecule has 1 aromatic rings. The van der Waals surface area contributed by atoms with Crippen molar-refractivity contribution in [3.63, 3.8) is 0 Å². The van der Waals surface area contributed by atoms with Gasteiger partial charge >= 0.3 is 0 Å². The van der Waals surface area contributed by atoms with E-state index in [1.165, 1.54) is 10.8 Å². The van der Waals surface area contributed by atoms with Crippen molar-refractivity contribution in [3.05, 3.63) is 18.3 Å². The fraction of sp³-hybridized carbons (Fsp3) is 0.250. The van der Waals surface area contributed by atoms with Crippen molar-refractivity contribution in [1.82, 2.24) is 14.5 Å². The summed E-state index contributed by atoms with van der Waals surface area (Å²) in [6, 6.07) is 1.78. The van der Waals surface area contributed by atoms with Crippen molar-refractivity contribution in [2.75, 3.05) is 19.0 Å². The van der Waals surface area contributed by atoms with Crippen molar-refractivity contribution in [3.8, 4) is 0 Å². The summed E-state index contributed by atoms with van der Waals surface area (Å²) in [7, 11) is 2.19. The lowest BCUT2D eigenvalue weighted by molar-refractivity contribution is -0.114. The van der Waals surface area contributed by atoms with E-state index in [2.05, 4.69) is 9.82 Å². The smallest absolute Gasteiger partial charge is 0.258 e. The molecule has 1 unspecified atom stereocenters. The van der Waals surface area contributed by atoms with E-state index in [-0.39, 0.29) is 5.91 Å². The Hall–Kier alpha value is -1.63. The van der Waals surface area contributed by atoms with E-state index in [9.17, 15) is 9.00 Å². The molecule has 0 radical (unpaired) electrons. The molecule has 7 heteroatoms. The topological polar surface area (TPSA) is 67.2 Å². The molecule has 0 spiro atoms. The molecule has 0 aromatic carbocycles. The molecule has 1 N–H and O–H groups in total. The fourth-order valence-corrected chi connectivity index (χ4v) is 2.14. The maximum absolute atomic E-state index is 11.5. The predicted molar refractivity (Wildman–Crippen MR) is 57.1 cm³/mol. The van der Waals surface area contributed by atoms with Crippen LogP contribution in [0.15, 0.2) is 18.3 Å². The zero-order valence-electron chi connectivity index (χ0n) is 8.30. The maximum atomic E-state index is 11.5. The summed E-state index contributed by atoms with van der Waals surface area (Å²) in [5.74, 6) is 0.412. The minimum atomic E-state index is -1.51. The number of nitrogens with one attached hydrogen (secondary N) is 1. The molecule has 6 nitrogen and oxygen atoms in total. The van der Waals surface area contributed by atoms with E-state index in [4.69, 9.17) is 0 Å². The zero-order chi connectivity index (χ0) is 11.0. The summed E-state index contributed by atoms with van der Waals surface area (Å²) in [4.78, 5) is 12.8. The quantitative estimate of drug-likeness (QED) is 0.741. The molecule has 0 saturated heterocycles. The molecule has 2 heterocycles. The maximum Gasteiger partial charge on any atom is 0.258 e. The molecule has 1 atom stereocenters. The summed E-state index contributed by atoms with van der Waals surface area (Å²) >= 11 is 0. The summed E-state index contributed by atoms with van der Waals surface area (Å²) in [5, 5.41) is 4.38. The molecule has 15 heavy (non-hydrogen) atoms. The van der Waals surface area contributed by atoms with Gasteiger partial charge in [0, 0.05) is 26.2 Å². The number of hydrogen-bond donors (Lipinski definition) is 1. The Kier molecular flexibility index (Phi) is 2.31. The first-order valence-corrected chi connectivity index (χ1v) is 5.40. The number of nitrogens with zero attached hydrogens (tertiary/aromatic N) is 3. The van der Waals surface area contributed by atoms with E-state index in [1.54, 1.807) is 12.3 Å².